The van der Waals surface area contributed by atoms with Crippen molar-refractivity contribution in [2.45, 2.75) is 0 Å². The predicted octanol–water partition coefficient (Wildman–Crippen LogP) is 2.56. The molecule has 2 aromatic carbocycles. The van der Waals surface area contributed by atoms with Gasteiger partial charge >= 0.3 is 11.7 Å². The minimum absolute atomic E-state index is 0.141. The van der Waals surface area contributed by atoms with Gasteiger partial charge in [0.1, 0.15) is 17.2 Å². The zero-order valence-corrected chi connectivity index (χ0v) is 14.1. The minimum Gasteiger partial charge on any atom is -0.496 e. The molecule has 0 aromatic heterocycles. The van der Waals surface area contributed by atoms with Crippen LogP contribution in [-0.2, 0) is 4.79 Å². The summed E-state index contributed by atoms with van der Waals surface area (Å²) in [5.41, 5.74) is 9.59. The van der Waals surface area contributed by atoms with Crippen LogP contribution in [0.1, 0.15) is 15.9 Å². The van der Waals surface area contributed by atoms with Crippen molar-refractivity contribution in [3.8, 4) is 17.2 Å². The zero-order chi connectivity index (χ0) is 18.7. The van der Waals surface area contributed by atoms with E-state index >= 15 is 0 Å². The standard InChI is InChI=1S/C19H14N2O5/c1-24-12-8-13(25-2)10-14(9-12)26-19(23)16-7-11-5-3-4-6-15(11)18(22)17(16)21-20/h3-10H,1-2H3. The van der Waals surface area contributed by atoms with E-state index in [4.69, 9.17) is 14.2 Å². The smallest absolute Gasteiger partial charge is 0.377 e. The molecule has 0 spiro atoms. The third-order valence-electron chi connectivity index (χ3n) is 3.83. The average molecular weight is 350 g/mol. The van der Waals surface area contributed by atoms with E-state index in [9.17, 15) is 15.1 Å². The second-order valence-corrected chi connectivity index (χ2v) is 5.36. The van der Waals surface area contributed by atoms with Crippen LogP contribution >= 0.6 is 0 Å². The number of ketones is 1. The van der Waals surface area contributed by atoms with Gasteiger partial charge in [-0.3, -0.25) is 4.79 Å². The number of carbonyl (C=O) groups is 2. The van der Waals surface area contributed by atoms with Crippen molar-refractivity contribution in [3.63, 3.8) is 0 Å². The summed E-state index contributed by atoms with van der Waals surface area (Å²) < 4.78 is 15.6. The van der Waals surface area contributed by atoms with Crippen molar-refractivity contribution in [2.24, 2.45) is 0 Å². The Hall–Kier alpha value is -3.70. The van der Waals surface area contributed by atoms with Crippen LogP contribution in [0.3, 0.4) is 0 Å². The number of esters is 1. The van der Waals surface area contributed by atoms with Crippen LogP contribution in [0.25, 0.3) is 11.6 Å². The van der Waals surface area contributed by atoms with Crippen LogP contribution in [0.2, 0.25) is 0 Å². The Morgan fingerprint density at radius 1 is 1.00 bits per heavy atom. The summed E-state index contributed by atoms with van der Waals surface area (Å²) in [4.78, 5) is 28.0. The molecule has 0 atom stereocenters. The maximum Gasteiger partial charge on any atom is 0.377 e. The van der Waals surface area contributed by atoms with Crippen molar-refractivity contribution < 1.29 is 28.6 Å². The van der Waals surface area contributed by atoms with Gasteiger partial charge in [0, 0.05) is 23.8 Å². The van der Waals surface area contributed by atoms with Crippen molar-refractivity contribution in [2.75, 3.05) is 14.2 Å². The number of benzene rings is 2. The van der Waals surface area contributed by atoms with Crippen LogP contribution in [0.15, 0.2) is 48.0 Å². The molecule has 26 heavy (non-hydrogen) atoms. The molecule has 130 valence electrons. The molecule has 0 N–H and O–H groups in total. The van der Waals surface area contributed by atoms with E-state index in [2.05, 4.69) is 4.79 Å². The van der Waals surface area contributed by atoms with Gasteiger partial charge in [-0.1, -0.05) is 24.3 Å². The van der Waals surface area contributed by atoms with Gasteiger partial charge < -0.3 is 19.7 Å². The van der Waals surface area contributed by atoms with Crippen molar-refractivity contribution in [1.29, 1.82) is 0 Å². The van der Waals surface area contributed by atoms with E-state index in [0.717, 1.165) is 0 Å². The van der Waals surface area contributed by atoms with Crippen molar-refractivity contribution in [3.05, 3.63) is 64.7 Å². The lowest BCUT2D eigenvalue weighted by Gasteiger charge is -2.12. The van der Waals surface area contributed by atoms with Crippen LogP contribution < -0.4 is 14.2 Å². The highest BCUT2D eigenvalue weighted by Crippen LogP contribution is 2.29. The number of fused-ring (bicyclic) bond motifs is 1. The van der Waals surface area contributed by atoms with Gasteiger partial charge in [-0.05, 0) is 11.6 Å². The van der Waals surface area contributed by atoms with Gasteiger partial charge in [0.25, 0.3) is 5.78 Å². The van der Waals surface area contributed by atoms with E-state index in [-0.39, 0.29) is 17.0 Å². The summed E-state index contributed by atoms with van der Waals surface area (Å²) in [5.74, 6) is -0.364. The first-order valence-corrected chi connectivity index (χ1v) is 7.60. The van der Waals surface area contributed by atoms with E-state index in [1.165, 1.54) is 32.4 Å². The molecule has 7 heteroatoms. The van der Waals surface area contributed by atoms with E-state index in [1.807, 2.05) is 0 Å². The highest BCUT2D eigenvalue weighted by molar-refractivity contribution is 6.56. The van der Waals surface area contributed by atoms with E-state index in [0.29, 0.717) is 22.6 Å². The molecule has 0 unspecified atom stereocenters. The molecular formula is C19H14N2O5. The molecule has 0 bridgehead atoms. The molecular weight excluding hydrogens is 336 g/mol. The first-order chi connectivity index (χ1) is 12.6. The third-order valence-corrected chi connectivity index (χ3v) is 3.83. The maximum atomic E-state index is 12.6. The largest absolute Gasteiger partial charge is 0.496 e. The number of nitrogens with zero attached hydrogens (tertiary/aromatic N) is 2. The number of hydrogen-bond donors (Lipinski definition) is 0. The highest BCUT2D eigenvalue weighted by atomic mass is 16.5. The normalized spacial score (nSPS) is 12.6. The first kappa shape index (κ1) is 17.1. The summed E-state index contributed by atoms with van der Waals surface area (Å²) in [7, 11) is 2.94. The number of Topliss-reactive ketones (excluding diaryl/α,β-unsaturated/α-hetero) is 1. The summed E-state index contributed by atoms with van der Waals surface area (Å²) in [5, 5.41) is 0. The lowest BCUT2D eigenvalue weighted by atomic mass is 9.89. The molecule has 0 amide bonds. The van der Waals surface area contributed by atoms with Crippen LogP contribution in [0.5, 0.6) is 17.2 Å². The summed E-state index contributed by atoms with van der Waals surface area (Å²) >= 11 is 0. The minimum atomic E-state index is -0.837. The topological polar surface area (TPSA) is 98.2 Å². The quantitative estimate of drug-likeness (QED) is 0.365. The molecule has 1 aliphatic carbocycles. The molecule has 3 rings (SSSR count). The Kier molecular flexibility index (Phi) is 4.64. The van der Waals surface area contributed by atoms with Crippen LogP contribution in [0.4, 0.5) is 0 Å². The van der Waals surface area contributed by atoms with E-state index < -0.39 is 11.8 Å². The Labute approximate surface area is 149 Å². The molecule has 7 nitrogen and oxygen atoms in total. The van der Waals surface area contributed by atoms with Crippen molar-refractivity contribution in [1.82, 2.24) is 0 Å². The number of carbonyl (C=O) groups excluding carboxylic acids is 2. The van der Waals surface area contributed by atoms with Gasteiger partial charge in [-0.25, -0.2) is 4.79 Å². The summed E-state index contributed by atoms with van der Waals surface area (Å²) in [6.45, 7) is 0. The second-order valence-electron chi connectivity index (χ2n) is 5.36. The Bertz CT molecular complexity index is 965. The fraction of sp³-hybridized carbons (Fsp3) is 0.105. The zero-order valence-electron chi connectivity index (χ0n) is 14.1. The Balaban J connectivity index is 1.98. The van der Waals surface area contributed by atoms with Gasteiger partial charge in [0.15, 0.2) is 5.57 Å². The monoisotopic (exact) mass is 350 g/mol. The van der Waals surface area contributed by atoms with Gasteiger partial charge in [0.2, 0.25) is 0 Å². The summed E-state index contributed by atoms with van der Waals surface area (Å²) in [6, 6.07) is 11.3. The lowest BCUT2D eigenvalue weighted by Crippen LogP contribution is -2.29. The molecule has 2 aromatic rings. The molecule has 1 aliphatic rings. The lowest BCUT2D eigenvalue weighted by molar-refractivity contribution is -0.129. The number of rotatable bonds is 4. The van der Waals surface area contributed by atoms with Gasteiger partial charge in [-0.15, -0.1) is 0 Å². The van der Waals surface area contributed by atoms with Crippen molar-refractivity contribution >= 4 is 23.5 Å². The molecule has 0 saturated heterocycles. The maximum absolute atomic E-state index is 12.6. The molecule has 0 radical (unpaired) electrons. The summed E-state index contributed by atoms with van der Waals surface area (Å²) in [6.07, 6.45) is 1.45. The fourth-order valence-electron chi connectivity index (χ4n) is 2.56. The predicted molar refractivity (Wildman–Crippen MR) is 92.6 cm³/mol. The SMILES string of the molecule is COc1cc(OC)cc(OC(=O)C2=Cc3ccccc3C(=O)C2=[N+]=[N-])c1. The second kappa shape index (κ2) is 7.04. The molecule has 0 saturated carbocycles. The number of hydrogen-bond acceptors (Lipinski definition) is 5. The highest BCUT2D eigenvalue weighted by Gasteiger charge is 2.37. The van der Waals surface area contributed by atoms with Gasteiger partial charge in [-0.2, -0.15) is 4.79 Å². The van der Waals surface area contributed by atoms with Crippen LogP contribution in [-0.4, -0.2) is 36.5 Å². The first-order valence-electron chi connectivity index (χ1n) is 7.60. The average Bonchev–Trinajstić information content (AvgIpc) is 2.67. The van der Waals surface area contributed by atoms with Crippen LogP contribution in [0, 0.1) is 0 Å². The molecule has 0 heterocycles. The number of methoxy groups -OCH3 is 2. The fourth-order valence-corrected chi connectivity index (χ4v) is 2.56. The number of ether oxygens (including phenoxy) is 3. The Morgan fingerprint density at radius 2 is 1.62 bits per heavy atom. The van der Waals surface area contributed by atoms with E-state index in [1.54, 1.807) is 30.3 Å². The third kappa shape index (κ3) is 3.11. The molecule has 0 fully saturated rings. The molecule has 0 aliphatic heterocycles. The Morgan fingerprint density at radius 3 is 2.23 bits per heavy atom. The van der Waals surface area contributed by atoms with Gasteiger partial charge in [0.05, 0.1) is 14.2 Å².